The Labute approximate surface area is 194 Å². The number of aryl methyl sites for hydroxylation is 5. The van der Waals surface area contributed by atoms with Gasteiger partial charge < -0.3 is 9.47 Å². The quantitative estimate of drug-likeness (QED) is 0.467. The van der Waals surface area contributed by atoms with E-state index in [4.69, 9.17) is 4.98 Å². The van der Waals surface area contributed by atoms with Crippen molar-refractivity contribution >= 4 is 16.9 Å². The summed E-state index contributed by atoms with van der Waals surface area (Å²) in [6, 6.07) is 8.30. The molecule has 1 unspecified atom stereocenters. The fourth-order valence-corrected chi connectivity index (χ4v) is 5.07. The lowest BCUT2D eigenvalue weighted by Crippen LogP contribution is -2.44. The van der Waals surface area contributed by atoms with E-state index in [1.165, 1.54) is 15.9 Å². The normalized spacial score (nSPS) is 18.4. The summed E-state index contributed by atoms with van der Waals surface area (Å²) in [5, 5.41) is 8.60. The molecule has 1 amide bonds. The third kappa shape index (κ3) is 3.25. The molecule has 0 bridgehead atoms. The van der Waals surface area contributed by atoms with Gasteiger partial charge in [0.25, 0.3) is 5.91 Å². The summed E-state index contributed by atoms with van der Waals surface area (Å²) in [6.07, 6.45) is 5.07. The molecule has 0 aliphatic carbocycles. The molecule has 7 nitrogen and oxygen atoms in total. The lowest BCUT2D eigenvalue weighted by atomic mass is 9.96. The van der Waals surface area contributed by atoms with E-state index in [0.29, 0.717) is 17.8 Å². The van der Waals surface area contributed by atoms with Crippen LogP contribution in [0.4, 0.5) is 0 Å². The van der Waals surface area contributed by atoms with Gasteiger partial charge in [0.05, 0.1) is 40.2 Å². The van der Waals surface area contributed by atoms with Crippen LogP contribution in [-0.2, 0) is 12.6 Å². The van der Waals surface area contributed by atoms with Gasteiger partial charge in [-0.15, -0.1) is 0 Å². The Bertz CT molecular complexity index is 1380. The first-order chi connectivity index (χ1) is 15.7. The molecule has 2 aromatic carbocycles. The molecule has 5 rings (SSSR count). The van der Waals surface area contributed by atoms with Gasteiger partial charge in [-0.05, 0) is 94.0 Å². The molecule has 33 heavy (non-hydrogen) atoms. The number of likely N-dealkylation sites (tertiary alicyclic amines) is 1. The molecule has 0 spiro atoms. The molecule has 7 heteroatoms. The molecular formula is C26H30N6O. The molecule has 3 heterocycles. The fraction of sp³-hybridized carbons (Fsp3) is 0.385. The standard InChI is InChI=1S/C26H30N6O/c1-16-12-20(22(14-18(16)3)32-27-9-10-28-32)24(33)31-11-7-8-26(31,5)25-29-21-13-17(2)19(4)15-23(21)30(25)6/h9-10,12-15H,7-8,11H2,1-6H3. The predicted octanol–water partition coefficient (Wildman–Crippen LogP) is 4.54. The third-order valence-electron chi connectivity index (χ3n) is 7.34. The van der Waals surface area contributed by atoms with Crippen LogP contribution >= 0.6 is 0 Å². The maximum atomic E-state index is 14.1. The maximum Gasteiger partial charge on any atom is 0.256 e. The summed E-state index contributed by atoms with van der Waals surface area (Å²) in [5.74, 6) is 0.917. The summed E-state index contributed by atoms with van der Waals surface area (Å²) in [4.78, 5) is 22.6. The van der Waals surface area contributed by atoms with Crippen molar-refractivity contribution in [2.24, 2.45) is 7.05 Å². The number of nitrogens with zero attached hydrogens (tertiary/aromatic N) is 6. The number of hydrogen-bond acceptors (Lipinski definition) is 4. The van der Waals surface area contributed by atoms with Crippen LogP contribution in [0.1, 0.15) is 58.2 Å². The largest absolute Gasteiger partial charge is 0.329 e. The van der Waals surface area contributed by atoms with Crippen molar-refractivity contribution in [3.8, 4) is 5.69 Å². The van der Waals surface area contributed by atoms with E-state index in [1.54, 1.807) is 12.4 Å². The molecule has 1 fully saturated rings. The van der Waals surface area contributed by atoms with E-state index in [-0.39, 0.29) is 5.91 Å². The monoisotopic (exact) mass is 442 g/mol. The van der Waals surface area contributed by atoms with Crippen molar-refractivity contribution in [2.45, 2.75) is 53.0 Å². The molecule has 1 aliphatic rings. The number of rotatable bonds is 3. The van der Waals surface area contributed by atoms with Gasteiger partial charge in [-0.25, -0.2) is 4.98 Å². The highest BCUT2D eigenvalue weighted by atomic mass is 16.2. The Balaban J connectivity index is 1.63. The van der Waals surface area contributed by atoms with Crippen molar-refractivity contribution in [1.29, 1.82) is 0 Å². The maximum absolute atomic E-state index is 14.1. The number of carbonyl (C=O) groups excluding carboxylic acids is 1. The van der Waals surface area contributed by atoms with E-state index >= 15 is 0 Å². The first-order valence-corrected chi connectivity index (χ1v) is 11.4. The highest BCUT2D eigenvalue weighted by molar-refractivity contribution is 5.99. The average molecular weight is 443 g/mol. The Kier molecular flexibility index (Phi) is 4.88. The zero-order chi connectivity index (χ0) is 23.5. The number of fused-ring (bicyclic) bond motifs is 1. The van der Waals surface area contributed by atoms with E-state index < -0.39 is 5.54 Å². The molecule has 0 N–H and O–H groups in total. The molecule has 0 radical (unpaired) electrons. The van der Waals surface area contributed by atoms with Crippen LogP contribution in [0.25, 0.3) is 16.7 Å². The second-order valence-electron chi connectivity index (χ2n) is 9.53. The van der Waals surface area contributed by atoms with Crippen LogP contribution in [0.3, 0.4) is 0 Å². The lowest BCUT2D eigenvalue weighted by Gasteiger charge is -2.35. The number of hydrogen-bond donors (Lipinski definition) is 0. The van der Waals surface area contributed by atoms with Crippen LogP contribution in [0, 0.1) is 27.7 Å². The Morgan fingerprint density at radius 2 is 1.58 bits per heavy atom. The molecular weight excluding hydrogens is 412 g/mol. The Morgan fingerprint density at radius 1 is 0.939 bits per heavy atom. The van der Waals surface area contributed by atoms with E-state index in [9.17, 15) is 4.79 Å². The van der Waals surface area contributed by atoms with Crippen LogP contribution in [0.2, 0.25) is 0 Å². The highest BCUT2D eigenvalue weighted by Crippen LogP contribution is 2.40. The minimum atomic E-state index is -0.500. The van der Waals surface area contributed by atoms with Gasteiger partial charge in [-0.1, -0.05) is 0 Å². The molecule has 1 saturated heterocycles. The molecule has 1 atom stereocenters. The molecule has 4 aromatic rings. The van der Waals surface area contributed by atoms with Crippen molar-refractivity contribution in [2.75, 3.05) is 6.54 Å². The summed E-state index contributed by atoms with van der Waals surface area (Å²) in [7, 11) is 2.06. The van der Waals surface area contributed by atoms with Gasteiger partial charge in [0.1, 0.15) is 5.82 Å². The number of amides is 1. The van der Waals surface area contributed by atoms with Crippen molar-refractivity contribution in [3.63, 3.8) is 0 Å². The van der Waals surface area contributed by atoms with Crippen molar-refractivity contribution < 1.29 is 4.79 Å². The average Bonchev–Trinajstić information content (AvgIpc) is 3.51. The zero-order valence-electron chi connectivity index (χ0n) is 20.2. The van der Waals surface area contributed by atoms with Gasteiger partial charge in [0.2, 0.25) is 0 Å². The smallest absolute Gasteiger partial charge is 0.256 e. The van der Waals surface area contributed by atoms with Gasteiger partial charge in [0.15, 0.2) is 0 Å². The minimum Gasteiger partial charge on any atom is -0.329 e. The van der Waals surface area contributed by atoms with E-state index in [1.807, 2.05) is 30.9 Å². The zero-order valence-corrected chi connectivity index (χ0v) is 20.2. The molecule has 2 aromatic heterocycles. The highest BCUT2D eigenvalue weighted by Gasteiger charge is 2.45. The minimum absolute atomic E-state index is 0.00943. The SMILES string of the molecule is Cc1cc(C(=O)N2CCCC2(C)c2nc3cc(C)c(C)cc3n2C)c(-n2nccn2)cc1C. The van der Waals surface area contributed by atoms with Gasteiger partial charge in [0, 0.05) is 13.6 Å². The van der Waals surface area contributed by atoms with Crippen LogP contribution < -0.4 is 0 Å². The van der Waals surface area contributed by atoms with Gasteiger partial charge in [-0.3, -0.25) is 4.79 Å². The second-order valence-corrected chi connectivity index (χ2v) is 9.53. The Hall–Kier alpha value is -3.48. The summed E-state index contributed by atoms with van der Waals surface area (Å²) in [5.41, 5.74) is 7.54. The Morgan fingerprint density at radius 3 is 2.30 bits per heavy atom. The van der Waals surface area contributed by atoms with Crippen molar-refractivity contribution in [3.05, 3.63) is 70.3 Å². The third-order valence-corrected chi connectivity index (χ3v) is 7.34. The van der Waals surface area contributed by atoms with Crippen LogP contribution in [0.15, 0.2) is 36.7 Å². The van der Waals surface area contributed by atoms with Gasteiger partial charge in [-0.2, -0.15) is 15.0 Å². The lowest BCUT2D eigenvalue weighted by molar-refractivity contribution is 0.0599. The summed E-state index contributed by atoms with van der Waals surface area (Å²) in [6.45, 7) is 11.1. The van der Waals surface area contributed by atoms with Crippen molar-refractivity contribution in [1.82, 2.24) is 29.4 Å². The van der Waals surface area contributed by atoms with Crippen LogP contribution in [-0.4, -0.2) is 41.9 Å². The van der Waals surface area contributed by atoms with E-state index in [0.717, 1.165) is 40.8 Å². The number of imidazole rings is 1. The molecule has 170 valence electrons. The van der Waals surface area contributed by atoms with E-state index in [2.05, 4.69) is 54.7 Å². The number of benzene rings is 2. The second kappa shape index (κ2) is 7.54. The van der Waals surface area contributed by atoms with Gasteiger partial charge >= 0.3 is 0 Å². The summed E-state index contributed by atoms with van der Waals surface area (Å²) < 4.78 is 2.16. The first kappa shape index (κ1) is 21.4. The number of aromatic nitrogens is 5. The first-order valence-electron chi connectivity index (χ1n) is 11.4. The number of carbonyl (C=O) groups is 1. The fourth-order valence-electron chi connectivity index (χ4n) is 5.07. The van der Waals surface area contributed by atoms with Crippen LogP contribution in [0.5, 0.6) is 0 Å². The topological polar surface area (TPSA) is 68.8 Å². The molecule has 1 aliphatic heterocycles. The predicted molar refractivity (Wildman–Crippen MR) is 129 cm³/mol. The molecule has 0 saturated carbocycles. The summed E-state index contributed by atoms with van der Waals surface area (Å²) >= 11 is 0.